The third-order valence-corrected chi connectivity index (χ3v) is 7.65. The largest absolute Gasteiger partial charge is 0.372 e. The fourth-order valence-electron chi connectivity index (χ4n) is 3.85. The van der Waals surface area contributed by atoms with Crippen LogP contribution in [-0.2, 0) is 21.4 Å². The number of anilines is 1. The Morgan fingerprint density at radius 1 is 1.00 bits per heavy atom. The fraction of sp³-hybridized carbons (Fsp3) is 0.435. The molecule has 1 aliphatic heterocycles. The Labute approximate surface area is 179 Å². The van der Waals surface area contributed by atoms with Crippen LogP contribution in [0.25, 0.3) is 0 Å². The summed E-state index contributed by atoms with van der Waals surface area (Å²) in [5, 5.41) is 3.01. The molecule has 0 spiro atoms. The second-order valence-corrected chi connectivity index (χ2v) is 9.49. The third-order valence-electron chi connectivity index (χ3n) is 5.74. The Kier molecular flexibility index (Phi) is 7.50. The molecule has 0 radical (unpaired) electrons. The molecule has 2 aromatic carbocycles. The highest BCUT2D eigenvalue weighted by Crippen LogP contribution is 2.24. The number of piperidine rings is 1. The maximum Gasteiger partial charge on any atom is 0.243 e. The van der Waals surface area contributed by atoms with E-state index in [0.717, 1.165) is 18.7 Å². The number of carbonyl (C=O) groups is 1. The lowest BCUT2D eigenvalue weighted by Gasteiger charge is -2.30. The van der Waals surface area contributed by atoms with Gasteiger partial charge in [-0.1, -0.05) is 30.3 Å². The maximum absolute atomic E-state index is 12.7. The number of rotatable bonds is 8. The molecule has 1 aliphatic rings. The summed E-state index contributed by atoms with van der Waals surface area (Å²) in [5.74, 6) is -0.151. The van der Waals surface area contributed by atoms with Crippen molar-refractivity contribution in [1.29, 1.82) is 0 Å². The molecule has 1 fully saturated rings. The molecule has 6 nitrogen and oxygen atoms in total. The lowest BCUT2D eigenvalue weighted by atomic mass is 9.97. The zero-order valence-electron chi connectivity index (χ0n) is 17.8. The first-order valence-electron chi connectivity index (χ1n) is 10.6. The molecule has 1 amide bonds. The summed E-state index contributed by atoms with van der Waals surface area (Å²) in [6, 6.07) is 16.7. The van der Waals surface area contributed by atoms with E-state index in [-0.39, 0.29) is 11.8 Å². The number of carbonyl (C=O) groups excluding carboxylic acids is 1. The van der Waals surface area contributed by atoms with E-state index >= 15 is 0 Å². The van der Waals surface area contributed by atoms with E-state index < -0.39 is 10.0 Å². The molecule has 0 aliphatic carbocycles. The van der Waals surface area contributed by atoms with Crippen LogP contribution in [0.4, 0.5) is 5.69 Å². The number of amides is 1. The van der Waals surface area contributed by atoms with Crippen molar-refractivity contribution in [2.24, 2.45) is 5.92 Å². The standard InChI is InChI=1S/C23H31N3O3S/c1-3-25(4-2)21-12-10-19(11-13-21)18-24-23(27)20-14-16-26(17-15-20)30(28,29)22-8-6-5-7-9-22/h5-13,20H,3-4,14-18H2,1-2H3,(H,24,27). The molecule has 0 atom stereocenters. The number of nitrogens with zero attached hydrogens (tertiary/aromatic N) is 2. The van der Waals surface area contributed by atoms with Crippen LogP contribution in [0.3, 0.4) is 0 Å². The van der Waals surface area contributed by atoms with Gasteiger partial charge in [0.1, 0.15) is 0 Å². The monoisotopic (exact) mass is 429 g/mol. The van der Waals surface area contributed by atoms with Crippen LogP contribution >= 0.6 is 0 Å². The molecular formula is C23H31N3O3S. The van der Waals surface area contributed by atoms with E-state index in [2.05, 4.69) is 36.2 Å². The molecule has 0 saturated carbocycles. The first-order chi connectivity index (χ1) is 14.5. The lowest BCUT2D eigenvalue weighted by molar-refractivity contribution is -0.126. The van der Waals surface area contributed by atoms with Crippen molar-refractivity contribution in [3.63, 3.8) is 0 Å². The van der Waals surface area contributed by atoms with E-state index in [1.165, 1.54) is 9.99 Å². The van der Waals surface area contributed by atoms with E-state index in [4.69, 9.17) is 0 Å². The SMILES string of the molecule is CCN(CC)c1ccc(CNC(=O)C2CCN(S(=O)(=O)c3ccccc3)CC2)cc1. The summed E-state index contributed by atoms with van der Waals surface area (Å²) >= 11 is 0. The zero-order chi connectivity index (χ0) is 21.6. The Morgan fingerprint density at radius 2 is 1.60 bits per heavy atom. The quantitative estimate of drug-likeness (QED) is 0.699. The summed E-state index contributed by atoms with van der Waals surface area (Å²) in [5.41, 5.74) is 2.24. The normalized spacial score (nSPS) is 15.7. The van der Waals surface area contributed by atoms with Gasteiger partial charge in [-0.3, -0.25) is 4.79 Å². The number of hydrogen-bond donors (Lipinski definition) is 1. The average molecular weight is 430 g/mol. The number of nitrogens with one attached hydrogen (secondary N) is 1. The molecule has 1 heterocycles. The minimum atomic E-state index is -3.48. The lowest BCUT2D eigenvalue weighted by Crippen LogP contribution is -2.42. The van der Waals surface area contributed by atoms with E-state index in [1.807, 2.05) is 12.1 Å². The molecule has 0 unspecified atom stereocenters. The van der Waals surface area contributed by atoms with Crippen molar-refractivity contribution in [2.75, 3.05) is 31.1 Å². The Hall–Kier alpha value is -2.38. The van der Waals surface area contributed by atoms with Crippen molar-refractivity contribution in [3.8, 4) is 0 Å². The Balaban J connectivity index is 1.50. The molecule has 0 bridgehead atoms. The van der Waals surface area contributed by atoms with Crippen LogP contribution in [0, 0.1) is 5.92 Å². The van der Waals surface area contributed by atoms with Gasteiger partial charge in [-0.15, -0.1) is 0 Å². The van der Waals surface area contributed by atoms with Gasteiger partial charge in [0.15, 0.2) is 0 Å². The minimum absolute atomic E-state index is 0.000390. The minimum Gasteiger partial charge on any atom is -0.372 e. The molecule has 3 rings (SSSR count). The highest BCUT2D eigenvalue weighted by Gasteiger charge is 2.31. The number of hydrogen-bond acceptors (Lipinski definition) is 4. The summed E-state index contributed by atoms with van der Waals surface area (Å²) in [7, 11) is -3.48. The molecule has 0 aromatic heterocycles. The van der Waals surface area contributed by atoms with Gasteiger partial charge >= 0.3 is 0 Å². The van der Waals surface area contributed by atoms with Crippen LogP contribution in [0.5, 0.6) is 0 Å². The van der Waals surface area contributed by atoms with Gasteiger partial charge < -0.3 is 10.2 Å². The molecular weight excluding hydrogens is 398 g/mol. The van der Waals surface area contributed by atoms with Gasteiger partial charge in [-0.05, 0) is 56.5 Å². The van der Waals surface area contributed by atoms with E-state index in [0.29, 0.717) is 37.4 Å². The van der Waals surface area contributed by atoms with Crippen molar-refractivity contribution in [3.05, 3.63) is 60.2 Å². The Morgan fingerprint density at radius 3 is 2.17 bits per heavy atom. The van der Waals surface area contributed by atoms with Crippen molar-refractivity contribution < 1.29 is 13.2 Å². The zero-order valence-corrected chi connectivity index (χ0v) is 18.6. The molecule has 2 aromatic rings. The molecule has 30 heavy (non-hydrogen) atoms. The van der Waals surface area contributed by atoms with Crippen LogP contribution in [0.15, 0.2) is 59.5 Å². The second-order valence-electron chi connectivity index (χ2n) is 7.55. The van der Waals surface area contributed by atoms with Crippen molar-refractivity contribution >= 4 is 21.6 Å². The Bertz CT molecular complexity index is 918. The first kappa shape index (κ1) is 22.3. The van der Waals surface area contributed by atoms with Crippen molar-refractivity contribution in [1.82, 2.24) is 9.62 Å². The third kappa shape index (κ3) is 5.21. The molecule has 162 valence electrons. The van der Waals surface area contributed by atoms with Gasteiger partial charge in [0.2, 0.25) is 15.9 Å². The van der Waals surface area contributed by atoms with Crippen LogP contribution < -0.4 is 10.2 Å². The summed E-state index contributed by atoms with van der Waals surface area (Å²) < 4.78 is 26.9. The highest BCUT2D eigenvalue weighted by atomic mass is 32.2. The van der Waals surface area contributed by atoms with Crippen LogP contribution in [-0.4, -0.2) is 44.8 Å². The topological polar surface area (TPSA) is 69.7 Å². The summed E-state index contributed by atoms with van der Waals surface area (Å²) in [6.45, 7) is 7.42. The summed E-state index contributed by atoms with van der Waals surface area (Å²) in [4.78, 5) is 15.2. The smallest absolute Gasteiger partial charge is 0.243 e. The van der Waals surface area contributed by atoms with Gasteiger partial charge in [0.05, 0.1) is 4.90 Å². The van der Waals surface area contributed by atoms with Crippen LogP contribution in [0.1, 0.15) is 32.3 Å². The van der Waals surface area contributed by atoms with Crippen LogP contribution in [0.2, 0.25) is 0 Å². The van der Waals surface area contributed by atoms with Gasteiger partial charge in [0.25, 0.3) is 0 Å². The predicted octanol–water partition coefficient (Wildman–Crippen LogP) is 3.25. The molecule has 1 N–H and O–H groups in total. The second kappa shape index (κ2) is 10.1. The number of benzene rings is 2. The van der Waals surface area contributed by atoms with Gasteiger partial charge in [-0.2, -0.15) is 4.31 Å². The molecule has 7 heteroatoms. The maximum atomic E-state index is 12.7. The highest BCUT2D eigenvalue weighted by molar-refractivity contribution is 7.89. The fourth-order valence-corrected chi connectivity index (χ4v) is 5.34. The first-order valence-corrected chi connectivity index (χ1v) is 12.1. The average Bonchev–Trinajstić information content (AvgIpc) is 2.80. The van der Waals surface area contributed by atoms with E-state index in [1.54, 1.807) is 30.3 Å². The molecule has 1 saturated heterocycles. The number of sulfonamides is 1. The van der Waals surface area contributed by atoms with Gasteiger partial charge in [0, 0.05) is 44.3 Å². The predicted molar refractivity (Wildman–Crippen MR) is 120 cm³/mol. The van der Waals surface area contributed by atoms with Crippen molar-refractivity contribution in [2.45, 2.75) is 38.1 Å². The summed E-state index contributed by atoms with van der Waals surface area (Å²) in [6.07, 6.45) is 1.08. The van der Waals surface area contributed by atoms with Gasteiger partial charge in [-0.25, -0.2) is 8.42 Å². The van der Waals surface area contributed by atoms with E-state index in [9.17, 15) is 13.2 Å².